The second kappa shape index (κ2) is 7.14. The molecule has 1 N–H and O–H groups in total. The SMILES string of the molecule is CP(C)(=O)CC(c1ccc(Cl)cc1Cl)C(O)c1cccnc1. The van der Waals surface area contributed by atoms with E-state index in [0.29, 0.717) is 21.8 Å². The molecule has 0 bridgehead atoms. The Bertz CT molecular complexity index is 688. The minimum absolute atomic E-state index is 0.352. The van der Waals surface area contributed by atoms with Crippen LogP contribution in [0.5, 0.6) is 0 Å². The first kappa shape index (κ1) is 17.5. The molecule has 2 atom stereocenters. The smallest absolute Gasteiger partial charge is 0.0878 e. The van der Waals surface area contributed by atoms with Gasteiger partial charge in [0.1, 0.15) is 0 Å². The number of hydrogen-bond donors (Lipinski definition) is 1. The van der Waals surface area contributed by atoms with Crippen molar-refractivity contribution in [2.75, 3.05) is 19.5 Å². The number of rotatable bonds is 5. The van der Waals surface area contributed by atoms with Gasteiger partial charge in [0.05, 0.1) is 13.2 Å². The Hall–Kier alpha value is -0.860. The Morgan fingerprint density at radius 2 is 2.00 bits per heavy atom. The van der Waals surface area contributed by atoms with Crippen molar-refractivity contribution in [1.29, 1.82) is 0 Å². The van der Waals surface area contributed by atoms with Gasteiger partial charge >= 0.3 is 0 Å². The number of aromatic nitrogens is 1. The fourth-order valence-corrected chi connectivity index (χ4v) is 4.32. The van der Waals surface area contributed by atoms with Crippen LogP contribution in [0, 0.1) is 0 Å². The van der Waals surface area contributed by atoms with Gasteiger partial charge in [-0.2, -0.15) is 0 Å². The summed E-state index contributed by atoms with van der Waals surface area (Å²) in [4.78, 5) is 4.03. The molecule has 0 amide bonds. The van der Waals surface area contributed by atoms with E-state index in [9.17, 15) is 9.67 Å². The summed E-state index contributed by atoms with van der Waals surface area (Å²) >= 11 is 12.2. The summed E-state index contributed by atoms with van der Waals surface area (Å²) in [5.74, 6) is -0.380. The third-order valence-corrected chi connectivity index (χ3v) is 5.24. The topological polar surface area (TPSA) is 50.2 Å². The Morgan fingerprint density at radius 3 is 2.55 bits per heavy atom. The van der Waals surface area contributed by atoms with Gasteiger partial charge in [-0.05, 0) is 42.7 Å². The van der Waals surface area contributed by atoms with E-state index in [-0.39, 0.29) is 5.92 Å². The van der Waals surface area contributed by atoms with Crippen molar-refractivity contribution in [3.8, 4) is 0 Å². The molecule has 2 rings (SSSR count). The van der Waals surface area contributed by atoms with Crippen molar-refractivity contribution >= 4 is 30.3 Å². The lowest BCUT2D eigenvalue weighted by molar-refractivity contribution is 0.152. The molecule has 1 aromatic heterocycles. The summed E-state index contributed by atoms with van der Waals surface area (Å²) in [6.45, 7) is 3.42. The minimum atomic E-state index is -2.37. The standard InChI is InChI=1S/C16H18Cl2NO2P/c1-22(2,21)10-14(13-6-5-12(17)8-15(13)18)16(20)11-4-3-7-19-9-11/h3-9,14,16,20H,10H2,1-2H3. The summed E-state index contributed by atoms with van der Waals surface area (Å²) in [5.41, 5.74) is 1.42. The van der Waals surface area contributed by atoms with Crippen LogP contribution in [0.2, 0.25) is 10.0 Å². The Labute approximate surface area is 140 Å². The Balaban J connectivity index is 2.44. The Morgan fingerprint density at radius 1 is 1.27 bits per heavy atom. The highest BCUT2D eigenvalue weighted by molar-refractivity contribution is 7.62. The molecule has 0 saturated heterocycles. The first-order chi connectivity index (χ1) is 10.3. The predicted molar refractivity (Wildman–Crippen MR) is 92.7 cm³/mol. The van der Waals surface area contributed by atoms with Crippen molar-refractivity contribution in [2.24, 2.45) is 0 Å². The number of benzene rings is 1. The molecule has 0 aliphatic carbocycles. The van der Waals surface area contributed by atoms with Crippen LogP contribution in [0.1, 0.15) is 23.1 Å². The summed E-state index contributed by atoms with van der Waals surface area (Å²) in [7, 11) is -2.37. The minimum Gasteiger partial charge on any atom is -0.388 e. The van der Waals surface area contributed by atoms with Gasteiger partial charge in [-0.25, -0.2) is 0 Å². The van der Waals surface area contributed by atoms with Gasteiger partial charge in [0.25, 0.3) is 0 Å². The zero-order valence-electron chi connectivity index (χ0n) is 12.4. The fourth-order valence-electron chi connectivity index (χ4n) is 2.43. The molecule has 1 aromatic carbocycles. The van der Waals surface area contributed by atoms with Crippen molar-refractivity contribution < 1.29 is 9.67 Å². The van der Waals surface area contributed by atoms with Gasteiger partial charge < -0.3 is 9.67 Å². The lowest BCUT2D eigenvalue weighted by Gasteiger charge is -2.26. The van der Waals surface area contributed by atoms with E-state index in [0.717, 1.165) is 5.56 Å². The first-order valence-electron chi connectivity index (χ1n) is 6.85. The van der Waals surface area contributed by atoms with Gasteiger partial charge in [-0.3, -0.25) is 4.98 Å². The van der Waals surface area contributed by atoms with E-state index in [4.69, 9.17) is 23.2 Å². The summed E-state index contributed by atoms with van der Waals surface area (Å²) in [6.07, 6.45) is 2.77. The summed E-state index contributed by atoms with van der Waals surface area (Å²) in [6, 6.07) is 8.70. The van der Waals surface area contributed by atoms with E-state index in [1.807, 2.05) is 0 Å². The quantitative estimate of drug-likeness (QED) is 0.779. The molecule has 0 spiro atoms. The largest absolute Gasteiger partial charge is 0.388 e. The molecule has 0 radical (unpaired) electrons. The van der Waals surface area contributed by atoms with Crippen LogP contribution in [0.25, 0.3) is 0 Å². The monoisotopic (exact) mass is 357 g/mol. The molecule has 22 heavy (non-hydrogen) atoms. The summed E-state index contributed by atoms with van der Waals surface area (Å²) < 4.78 is 12.3. The second-order valence-corrected chi connectivity index (χ2v) is 10.1. The zero-order valence-corrected chi connectivity index (χ0v) is 14.8. The highest BCUT2D eigenvalue weighted by Crippen LogP contribution is 2.47. The van der Waals surface area contributed by atoms with E-state index in [2.05, 4.69) is 4.98 Å². The summed E-state index contributed by atoms with van der Waals surface area (Å²) in [5, 5.41) is 11.7. The van der Waals surface area contributed by atoms with Gasteiger partial charge in [0.15, 0.2) is 0 Å². The lowest BCUT2D eigenvalue weighted by atomic mass is 9.91. The van der Waals surface area contributed by atoms with Crippen molar-refractivity contribution in [1.82, 2.24) is 4.98 Å². The molecule has 0 aliphatic rings. The highest BCUT2D eigenvalue weighted by Gasteiger charge is 2.29. The van der Waals surface area contributed by atoms with Crippen LogP contribution < -0.4 is 0 Å². The Kier molecular flexibility index (Phi) is 5.68. The van der Waals surface area contributed by atoms with Gasteiger partial charge in [-0.15, -0.1) is 0 Å². The van der Waals surface area contributed by atoms with Crippen LogP contribution in [-0.2, 0) is 4.57 Å². The van der Waals surface area contributed by atoms with Crippen LogP contribution in [0.15, 0.2) is 42.7 Å². The second-order valence-electron chi connectivity index (χ2n) is 5.76. The normalized spacial score (nSPS) is 14.6. The number of hydrogen-bond acceptors (Lipinski definition) is 3. The number of aliphatic hydroxyl groups is 1. The van der Waals surface area contributed by atoms with Crippen LogP contribution in [0.3, 0.4) is 0 Å². The molecular weight excluding hydrogens is 340 g/mol. The molecule has 0 aliphatic heterocycles. The van der Waals surface area contributed by atoms with Crippen LogP contribution in [0.4, 0.5) is 0 Å². The van der Waals surface area contributed by atoms with Gasteiger partial charge in [-0.1, -0.05) is 35.3 Å². The van der Waals surface area contributed by atoms with Crippen LogP contribution >= 0.6 is 30.3 Å². The van der Waals surface area contributed by atoms with E-state index < -0.39 is 13.2 Å². The van der Waals surface area contributed by atoms with E-state index >= 15 is 0 Å². The van der Waals surface area contributed by atoms with Crippen LogP contribution in [-0.4, -0.2) is 29.6 Å². The molecule has 118 valence electrons. The maximum atomic E-state index is 12.3. The fraction of sp³-hybridized carbons (Fsp3) is 0.312. The van der Waals surface area contributed by atoms with Gasteiger partial charge in [0.2, 0.25) is 0 Å². The number of pyridine rings is 1. The molecular formula is C16H18Cl2NO2P. The first-order valence-corrected chi connectivity index (χ1v) is 10.4. The zero-order chi connectivity index (χ0) is 16.3. The average Bonchev–Trinajstić information content (AvgIpc) is 2.44. The maximum absolute atomic E-state index is 12.3. The number of nitrogens with zero attached hydrogens (tertiary/aromatic N) is 1. The predicted octanol–water partition coefficient (Wildman–Crippen LogP) is 4.83. The molecule has 1 heterocycles. The molecule has 2 aromatic rings. The number of halogens is 2. The molecule has 0 fully saturated rings. The molecule has 6 heteroatoms. The van der Waals surface area contributed by atoms with E-state index in [1.54, 1.807) is 56.1 Å². The van der Waals surface area contributed by atoms with Crippen molar-refractivity contribution in [2.45, 2.75) is 12.0 Å². The third-order valence-electron chi connectivity index (χ3n) is 3.41. The highest BCUT2D eigenvalue weighted by atomic mass is 35.5. The number of aliphatic hydroxyl groups excluding tert-OH is 1. The average molecular weight is 358 g/mol. The van der Waals surface area contributed by atoms with Crippen molar-refractivity contribution in [3.63, 3.8) is 0 Å². The van der Waals surface area contributed by atoms with E-state index in [1.165, 1.54) is 0 Å². The lowest BCUT2D eigenvalue weighted by Crippen LogP contribution is -2.16. The molecule has 3 nitrogen and oxygen atoms in total. The molecule has 2 unspecified atom stereocenters. The maximum Gasteiger partial charge on any atom is 0.0878 e. The van der Waals surface area contributed by atoms with Crippen molar-refractivity contribution in [3.05, 3.63) is 63.9 Å². The third kappa shape index (κ3) is 4.57. The molecule has 0 saturated carbocycles. The van der Waals surface area contributed by atoms with Gasteiger partial charge in [0, 0.05) is 34.5 Å².